The zero-order valence-electron chi connectivity index (χ0n) is 39.0. The molecule has 26 atom stereocenters. The van der Waals surface area contributed by atoms with Crippen LogP contribution in [0.25, 0.3) is 0 Å². The molecule has 3 saturated heterocycles. The maximum atomic E-state index is 12.8. The molecule has 0 aromatic carbocycles. The largest absolute Gasteiger partial charge is 0.394 e. The first-order valence-electron chi connectivity index (χ1n) is 23.9. The average molecular weight is 933 g/mol. The van der Waals surface area contributed by atoms with Crippen molar-refractivity contribution in [3.8, 4) is 0 Å². The molecule has 4 saturated carbocycles. The monoisotopic (exact) mass is 933 g/mol. The predicted molar refractivity (Wildman–Crippen MR) is 229 cm³/mol. The highest BCUT2D eigenvalue weighted by molar-refractivity contribution is 5.22. The van der Waals surface area contributed by atoms with Gasteiger partial charge in [0.25, 0.3) is 0 Å². The van der Waals surface area contributed by atoms with Gasteiger partial charge in [0.1, 0.15) is 73.2 Å². The van der Waals surface area contributed by atoms with E-state index in [1.807, 2.05) is 39.8 Å². The summed E-state index contributed by atoms with van der Waals surface area (Å²) in [6.45, 7) is 12.8. The number of hydrogen-bond acceptors (Lipinski definition) is 18. The molecule has 4 aliphatic carbocycles. The lowest BCUT2D eigenvalue weighted by molar-refractivity contribution is -0.347. The van der Waals surface area contributed by atoms with Crippen LogP contribution in [0.2, 0.25) is 0 Å². The summed E-state index contributed by atoms with van der Waals surface area (Å²) in [5.41, 5.74) is -3.28. The van der Waals surface area contributed by atoms with Crippen LogP contribution in [0.3, 0.4) is 0 Å². The molecule has 7 aliphatic rings. The number of rotatable bonds is 12. The molecule has 13 N–H and O–H groups in total. The molecule has 65 heavy (non-hydrogen) atoms. The second kappa shape index (κ2) is 19.0. The first kappa shape index (κ1) is 51.9. The van der Waals surface area contributed by atoms with Gasteiger partial charge in [-0.15, -0.1) is 0 Å². The summed E-state index contributed by atoms with van der Waals surface area (Å²) < 4.78 is 30.8. The topological polar surface area (TPSA) is 309 Å². The molecule has 7 fully saturated rings. The molecule has 0 aromatic rings. The van der Waals surface area contributed by atoms with Crippen LogP contribution in [-0.2, 0) is 23.7 Å². The Morgan fingerprint density at radius 2 is 1.23 bits per heavy atom. The Bertz CT molecular complexity index is 1650. The summed E-state index contributed by atoms with van der Waals surface area (Å²) in [5.74, 6) is -1.05. The van der Waals surface area contributed by atoms with E-state index in [1.54, 1.807) is 0 Å². The van der Waals surface area contributed by atoms with E-state index >= 15 is 0 Å². The number of aliphatic hydroxyl groups excluding tert-OH is 13. The Balaban J connectivity index is 1.23. The van der Waals surface area contributed by atoms with Gasteiger partial charge < -0.3 is 90.1 Å². The first-order chi connectivity index (χ1) is 30.4. The third-order valence-corrected chi connectivity index (χ3v) is 19.0. The Kier molecular flexibility index (Phi) is 15.1. The van der Waals surface area contributed by atoms with Crippen LogP contribution in [0, 0.1) is 50.7 Å². The smallest absolute Gasteiger partial charge is 0.186 e. The van der Waals surface area contributed by atoms with Crippen molar-refractivity contribution in [2.24, 2.45) is 50.7 Å². The molecule has 3 heterocycles. The highest BCUT2D eigenvalue weighted by atomic mass is 16.7. The van der Waals surface area contributed by atoms with E-state index in [1.165, 1.54) is 0 Å². The molecule has 7 rings (SSSR count). The molecule has 1 unspecified atom stereocenters. The minimum absolute atomic E-state index is 0.0665. The van der Waals surface area contributed by atoms with Crippen molar-refractivity contribution in [1.82, 2.24) is 0 Å². The van der Waals surface area contributed by atoms with Gasteiger partial charge in [0.2, 0.25) is 0 Å². The van der Waals surface area contributed by atoms with Crippen molar-refractivity contribution in [1.29, 1.82) is 0 Å². The SMILES string of the molecule is C/C=C/CC[C@@](C)(C1O[C@H](CO[C@@H]2O[C@H](CO)[C@@H](O)[C@H](O)[C@H]2O)[C@@H](O)[C@H](O)[C@H]1O)[C@H]1CC[C@]2(C)[C@@H]1[C@H](O)C[C@@H]1[C@@]3(C)CC[C@H](O)C(C)(C)[C@@H]3[C@@H](O[C@@H]3O[C@H](CO)[C@@H](O)[C@H](O)[C@H]3O)C[C@]12C. The highest BCUT2D eigenvalue weighted by Crippen LogP contribution is 2.77. The minimum Gasteiger partial charge on any atom is -0.394 e. The third-order valence-electron chi connectivity index (χ3n) is 19.0. The van der Waals surface area contributed by atoms with E-state index in [0.717, 1.165) is 0 Å². The average Bonchev–Trinajstić information content (AvgIpc) is 3.65. The molecule has 0 amide bonds. The van der Waals surface area contributed by atoms with E-state index in [9.17, 15) is 66.4 Å². The van der Waals surface area contributed by atoms with Crippen LogP contribution >= 0.6 is 0 Å². The molecular weight excluding hydrogens is 852 g/mol. The zero-order valence-corrected chi connectivity index (χ0v) is 39.0. The summed E-state index contributed by atoms with van der Waals surface area (Å²) in [7, 11) is 0. The van der Waals surface area contributed by atoms with Crippen molar-refractivity contribution in [2.45, 2.75) is 210 Å². The van der Waals surface area contributed by atoms with E-state index in [4.69, 9.17) is 23.7 Å². The number of allylic oxidation sites excluding steroid dienone is 2. The van der Waals surface area contributed by atoms with Gasteiger partial charge in [0.15, 0.2) is 12.6 Å². The van der Waals surface area contributed by atoms with Gasteiger partial charge in [-0.2, -0.15) is 0 Å². The van der Waals surface area contributed by atoms with Crippen LogP contribution in [0.1, 0.15) is 99.8 Å². The van der Waals surface area contributed by atoms with Crippen molar-refractivity contribution < 1.29 is 90.1 Å². The lowest BCUT2D eigenvalue weighted by Crippen LogP contribution is -2.71. The zero-order chi connectivity index (χ0) is 47.9. The number of aliphatic hydroxyl groups is 13. The summed E-state index contributed by atoms with van der Waals surface area (Å²) in [6.07, 6.45) is -16.4. The Labute approximate surface area is 382 Å². The normalized spacial score (nSPS) is 54.4. The molecule has 18 nitrogen and oxygen atoms in total. The number of ether oxygens (including phenoxy) is 5. The van der Waals surface area contributed by atoms with E-state index in [2.05, 4.69) is 20.8 Å². The Morgan fingerprint density at radius 3 is 1.83 bits per heavy atom. The van der Waals surface area contributed by atoms with E-state index in [0.29, 0.717) is 51.4 Å². The second-order valence-corrected chi connectivity index (χ2v) is 22.5. The molecule has 0 aromatic heterocycles. The van der Waals surface area contributed by atoms with Gasteiger partial charge in [-0.1, -0.05) is 53.7 Å². The van der Waals surface area contributed by atoms with Crippen molar-refractivity contribution >= 4 is 0 Å². The number of hydrogen-bond donors (Lipinski definition) is 13. The van der Waals surface area contributed by atoms with Crippen LogP contribution in [0.5, 0.6) is 0 Å². The van der Waals surface area contributed by atoms with Gasteiger partial charge in [0.05, 0.1) is 44.2 Å². The van der Waals surface area contributed by atoms with Crippen LogP contribution in [0.15, 0.2) is 12.2 Å². The summed E-state index contributed by atoms with van der Waals surface area (Å²) in [5, 5.41) is 143. The minimum atomic E-state index is -1.72. The maximum absolute atomic E-state index is 12.8. The van der Waals surface area contributed by atoms with Gasteiger partial charge in [-0.05, 0) is 109 Å². The van der Waals surface area contributed by atoms with Gasteiger partial charge in [-0.3, -0.25) is 0 Å². The molecule has 376 valence electrons. The van der Waals surface area contributed by atoms with Gasteiger partial charge in [-0.25, -0.2) is 0 Å². The Morgan fingerprint density at radius 1 is 0.662 bits per heavy atom. The first-order valence-corrected chi connectivity index (χ1v) is 23.9. The molecular formula is C47H80O18. The summed E-state index contributed by atoms with van der Waals surface area (Å²) >= 11 is 0. The Hall–Kier alpha value is -0.980. The molecule has 0 bridgehead atoms. The fraction of sp³-hybridized carbons (Fsp3) is 0.957. The lowest BCUT2D eigenvalue weighted by atomic mass is 9.34. The summed E-state index contributed by atoms with van der Waals surface area (Å²) in [4.78, 5) is 0. The molecule has 3 aliphatic heterocycles. The molecule has 18 heteroatoms. The molecule has 0 radical (unpaired) electrons. The van der Waals surface area contributed by atoms with Crippen LogP contribution in [0.4, 0.5) is 0 Å². The maximum Gasteiger partial charge on any atom is 0.186 e. The summed E-state index contributed by atoms with van der Waals surface area (Å²) in [6, 6.07) is 0. The fourth-order valence-corrected chi connectivity index (χ4v) is 15.2. The van der Waals surface area contributed by atoms with Crippen molar-refractivity contribution in [2.75, 3.05) is 19.8 Å². The third kappa shape index (κ3) is 8.31. The van der Waals surface area contributed by atoms with E-state index in [-0.39, 0.29) is 23.7 Å². The second-order valence-electron chi connectivity index (χ2n) is 22.5. The van der Waals surface area contributed by atoms with E-state index < -0.39 is 157 Å². The van der Waals surface area contributed by atoms with Crippen molar-refractivity contribution in [3.63, 3.8) is 0 Å². The quantitative estimate of drug-likeness (QED) is 0.0810. The highest BCUT2D eigenvalue weighted by Gasteiger charge is 2.74. The predicted octanol–water partition coefficient (Wildman–Crippen LogP) is -1.17. The van der Waals surface area contributed by atoms with Crippen LogP contribution < -0.4 is 0 Å². The lowest BCUT2D eigenvalue weighted by Gasteiger charge is -2.72. The molecule has 0 spiro atoms. The standard InChI is InChI=1S/C47H80O18/c1-8-9-10-13-44(4,40-36(58)33(55)32(54)26(62-40)20-61-41-37(59)34(56)30(52)24(18-48)64-41)21-11-15-46(6)29(21)22(50)16-27-45(5)14-12-28(51)43(2,3)39(45)23(17-47(27,46)7)63-42-38(60)35(57)31(53)25(19-49)65-42/h8-9,21-42,48-60H,10-20H2,1-7H3/b9-8+/t21-,22+,23-,24+,25+,26+,27+,28-,29-,30+,31+,32+,33-,34-,35-,36+,37+,38+,39-,40?,41+,42+,44+,45+,46+,47+/m0/s1. The fourth-order valence-electron chi connectivity index (χ4n) is 15.2. The van der Waals surface area contributed by atoms with Gasteiger partial charge >= 0.3 is 0 Å². The number of fused-ring (bicyclic) bond motifs is 5. The van der Waals surface area contributed by atoms with Crippen molar-refractivity contribution in [3.05, 3.63) is 12.2 Å². The van der Waals surface area contributed by atoms with Crippen LogP contribution in [-0.4, -0.2) is 196 Å². The van der Waals surface area contributed by atoms with Gasteiger partial charge in [0, 0.05) is 0 Å².